The maximum atomic E-state index is 12.5. The molecule has 0 N–H and O–H groups in total. The SMILES string of the molecule is CCn1cnc(-c2ccnc(C(F)(F)F)c2)c1. The van der Waals surface area contributed by atoms with Gasteiger partial charge in [0.15, 0.2) is 0 Å². The van der Waals surface area contributed by atoms with E-state index in [1.807, 2.05) is 6.92 Å². The molecule has 0 aromatic carbocycles. The highest BCUT2D eigenvalue weighted by atomic mass is 19.4. The van der Waals surface area contributed by atoms with E-state index in [-0.39, 0.29) is 0 Å². The predicted molar refractivity (Wildman–Crippen MR) is 56.1 cm³/mol. The van der Waals surface area contributed by atoms with Crippen LogP contribution in [0, 0.1) is 0 Å². The van der Waals surface area contributed by atoms with Crippen molar-refractivity contribution in [1.82, 2.24) is 14.5 Å². The van der Waals surface area contributed by atoms with Crippen LogP contribution in [0.5, 0.6) is 0 Å². The van der Waals surface area contributed by atoms with Gasteiger partial charge in [0.05, 0.1) is 12.0 Å². The molecule has 0 aliphatic rings. The molecule has 3 nitrogen and oxygen atoms in total. The van der Waals surface area contributed by atoms with Crippen LogP contribution < -0.4 is 0 Å². The van der Waals surface area contributed by atoms with Gasteiger partial charge < -0.3 is 4.57 Å². The first-order valence-electron chi connectivity index (χ1n) is 5.06. The van der Waals surface area contributed by atoms with Crippen molar-refractivity contribution in [3.63, 3.8) is 0 Å². The monoisotopic (exact) mass is 241 g/mol. The second-order valence-corrected chi connectivity index (χ2v) is 3.52. The van der Waals surface area contributed by atoms with Crippen molar-refractivity contribution in [1.29, 1.82) is 0 Å². The van der Waals surface area contributed by atoms with Crippen LogP contribution in [0.2, 0.25) is 0 Å². The van der Waals surface area contributed by atoms with Crippen LogP contribution in [0.4, 0.5) is 13.2 Å². The molecule has 2 rings (SSSR count). The molecule has 17 heavy (non-hydrogen) atoms. The molecule has 0 aliphatic carbocycles. The highest BCUT2D eigenvalue weighted by Crippen LogP contribution is 2.29. The topological polar surface area (TPSA) is 30.7 Å². The van der Waals surface area contributed by atoms with Crippen LogP contribution >= 0.6 is 0 Å². The second kappa shape index (κ2) is 4.20. The molecule has 2 heterocycles. The molecule has 0 radical (unpaired) electrons. The Morgan fingerprint density at radius 3 is 2.65 bits per heavy atom. The van der Waals surface area contributed by atoms with E-state index in [1.54, 1.807) is 17.1 Å². The van der Waals surface area contributed by atoms with Crippen LogP contribution in [-0.4, -0.2) is 14.5 Å². The minimum Gasteiger partial charge on any atom is -0.337 e. The number of hydrogen-bond acceptors (Lipinski definition) is 2. The molecule has 0 spiro atoms. The first-order chi connectivity index (χ1) is 8.00. The number of pyridine rings is 1. The van der Waals surface area contributed by atoms with Crippen molar-refractivity contribution in [2.24, 2.45) is 0 Å². The minimum absolute atomic E-state index is 0.416. The van der Waals surface area contributed by atoms with Gasteiger partial charge in [-0.25, -0.2) is 4.98 Å². The minimum atomic E-state index is -4.43. The standard InChI is InChI=1S/C11H10F3N3/c1-2-17-6-9(16-7-17)8-3-4-15-10(5-8)11(12,13)14/h3-7H,2H2,1H3. The third-order valence-corrected chi connectivity index (χ3v) is 2.34. The number of rotatable bonds is 2. The molecule has 0 atom stereocenters. The number of hydrogen-bond donors (Lipinski definition) is 0. The van der Waals surface area contributed by atoms with Crippen LogP contribution in [0.3, 0.4) is 0 Å². The Bertz CT molecular complexity index is 517. The molecular weight excluding hydrogens is 231 g/mol. The normalized spacial score (nSPS) is 11.8. The van der Waals surface area contributed by atoms with Gasteiger partial charge >= 0.3 is 6.18 Å². The molecule has 0 unspecified atom stereocenters. The fraction of sp³-hybridized carbons (Fsp3) is 0.273. The van der Waals surface area contributed by atoms with Crippen LogP contribution in [0.25, 0.3) is 11.3 Å². The van der Waals surface area contributed by atoms with E-state index in [1.165, 1.54) is 6.07 Å². The van der Waals surface area contributed by atoms with E-state index in [9.17, 15) is 13.2 Å². The third kappa shape index (κ3) is 2.46. The maximum absolute atomic E-state index is 12.5. The summed E-state index contributed by atoms with van der Waals surface area (Å²) in [4.78, 5) is 7.35. The second-order valence-electron chi connectivity index (χ2n) is 3.52. The first kappa shape index (κ1) is 11.6. The Hall–Kier alpha value is -1.85. The molecule has 2 aromatic heterocycles. The van der Waals surface area contributed by atoms with Crippen molar-refractivity contribution < 1.29 is 13.2 Å². The van der Waals surface area contributed by atoms with Gasteiger partial charge in [-0.05, 0) is 19.1 Å². The summed E-state index contributed by atoms with van der Waals surface area (Å²) in [6.07, 6.45) is 0.00493. The number of imidazole rings is 1. The zero-order chi connectivity index (χ0) is 12.5. The zero-order valence-corrected chi connectivity index (χ0v) is 9.07. The van der Waals surface area contributed by atoms with Crippen molar-refractivity contribution in [3.05, 3.63) is 36.5 Å². The molecule has 6 heteroatoms. The Balaban J connectivity index is 2.39. The van der Waals surface area contributed by atoms with Crippen LogP contribution in [0.1, 0.15) is 12.6 Å². The highest BCUT2D eigenvalue weighted by Gasteiger charge is 2.32. The number of aryl methyl sites for hydroxylation is 1. The lowest BCUT2D eigenvalue weighted by molar-refractivity contribution is -0.141. The molecule has 90 valence electrons. The van der Waals surface area contributed by atoms with E-state index in [4.69, 9.17) is 0 Å². The highest BCUT2D eigenvalue weighted by molar-refractivity contribution is 5.58. The lowest BCUT2D eigenvalue weighted by Gasteiger charge is -2.06. The van der Waals surface area contributed by atoms with Gasteiger partial charge in [-0.1, -0.05) is 0 Å². The van der Waals surface area contributed by atoms with Gasteiger partial charge in [-0.15, -0.1) is 0 Å². The van der Waals surface area contributed by atoms with Gasteiger partial charge in [0.2, 0.25) is 0 Å². The molecule has 0 saturated carbocycles. The fourth-order valence-corrected chi connectivity index (χ4v) is 1.43. The Morgan fingerprint density at radius 1 is 1.29 bits per heavy atom. The quantitative estimate of drug-likeness (QED) is 0.809. The molecule has 0 fully saturated rings. The van der Waals surface area contributed by atoms with Crippen LogP contribution in [0.15, 0.2) is 30.9 Å². The van der Waals surface area contributed by atoms with E-state index in [0.29, 0.717) is 11.3 Å². The Morgan fingerprint density at radius 2 is 2.06 bits per heavy atom. The van der Waals surface area contributed by atoms with Gasteiger partial charge in [0, 0.05) is 24.5 Å². The summed E-state index contributed by atoms with van der Waals surface area (Å²) in [5.41, 5.74) is 0.0281. The lowest BCUT2D eigenvalue weighted by Crippen LogP contribution is -2.07. The van der Waals surface area contributed by atoms with Crippen molar-refractivity contribution >= 4 is 0 Å². The third-order valence-electron chi connectivity index (χ3n) is 2.34. The summed E-state index contributed by atoms with van der Waals surface area (Å²) in [5, 5.41) is 0. The number of aromatic nitrogens is 3. The molecule has 2 aromatic rings. The molecular formula is C11H10F3N3. The van der Waals surface area contributed by atoms with Gasteiger partial charge in [-0.3, -0.25) is 4.98 Å². The summed E-state index contributed by atoms with van der Waals surface area (Å²) in [6.45, 7) is 2.66. The summed E-state index contributed by atoms with van der Waals surface area (Å²) in [5.74, 6) is 0. The smallest absolute Gasteiger partial charge is 0.337 e. The molecule has 0 amide bonds. The average molecular weight is 241 g/mol. The molecule has 0 saturated heterocycles. The Kier molecular flexibility index (Phi) is 2.87. The summed E-state index contributed by atoms with van der Waals surface area (Å²) < 4.78 is 39.2. The number of alkyl halides is 3. The summed E-state index contributed by atoms with van der Waals surface area (Å²) in [6, 6.07) is 2.51. The predicted octanol–water partition coefficient (Wildman–Crippen LogP) is 2.98. The van der Waals surface area contributed by atoms with Crippen molar-refractivity contribution in [2.45, 2.75) is 19.6 Å². The largest absolute Gasteiger partial charge is 0.433 e. The fourth-order valence-electron chi connectivity index (χ4n) is 1.43. The zero-order valence-electron chi connectivity index (χ0n) is 9.07. The number of halogens is 3. The summed E-state index contributed by atoms with van der Waals surface area (Å²) >= 11 is 0. The van der Waals surface area contributed by atoms with E-state index < -0.39 is 11.9 Å². The van der Waals surface area contributed by atoms with Gasteiger partial charge in [0.25, 0.3) is 0 Å². The van der Waals surface area contributed by atoms with E-state index >= 15 is 0 Å². The molecule has 0 aliphatic heterocycles. The van der Waals surface area contributed by atoms with Crippen molar-refractivity contribution in [3.8, 4) is 11.3 Å². The average Bonchev–Trinajstić information content (AvgIpc) is 2.76. The van der Waals surface area contributed by atoms with Gasteiger partial charge in [-0.2, -0.15) is 13.2 Å². The lowest BCUT2D eigenvalue weighted by atomic mass is 10.2. The Labute approximate surface area is 95.9 Å². The van der Waals surface area contributed by atoms with E-state index in [2.05, 4.69) is 9.97 Å². The number of nitrogens with zero attached hydrogens (tertiary/aromatic N) is 3. The summed E-state index contributed by atoms with van der Waals surface area (Å²) in [7, 11) is 0. The van der Waals surface area contributed by atoms with Crippen molar-refractivity contribution in [2.75, 3.05) is 0 Å². The molecule has 0 bridgehead atoms. The first-order valence-corrected chi connectivity index (χ1v) is 5.06. The van der Waals surface area contributed by atoms with Gasteiger partial charge in [0.1, 0.15) is 5.69 Å². The maximum Gasteiger partial charge on any atom is 0.433 e. The van der Waals surface area contributed by atoms with E-state index in [0.717, 1.165) is 18.8 Å². The van der Waals surface area contributed by atoms with Crippen LogP contribution in [-0.2, 0) is 12.7 Å².